The summed E-state index contributed by atoms with van der Waals surface area (Å²) in [5.41, 5.74) is 5.68. The summed E-state index contributed by atoms with van der Waals surface area (Å²) in [5.74, 6) is -0.373. The van der Waals surface area contributed by atoms with Crippen LogP contribution in [0.2, 0.25) is 0 Å². The second kappa shape index (κ2) is 3.47. The van der Waals surface area contributed by atoms with E-state index in [9.17, 15) is 4.39 Å². The van der Waals surface area contributed by atoms with Gasteiger partial charge in [0.25, 0.3) is 0 Å². The third-order valence-electron chi connectivity index (χ3n) is 1.71. The molecule has 0 saturated carbocycles. The zero-order valence-corrected chi connectivity index (χ0v) is 8.33. The average molecular weight is 212 g/mol. The van der Waals surface area contributed by atoms with Crippen molar-refractivity contribution in [2.45, 2.75) is 13.0 Å². The molecule has 0 bridgehead atoms. The molecule has 2 aromatic rings. The molecule has 4 nitrogen and oxygen atoms in total. The van der Waals surface area contributed by atoms with Crippen molar-refractivity contribution in [3.05, 3.63) is 29.3 Å². The van der Waals surface area contributed by atoms with E-state index in [1.807, 2.05) is 6.92 Å². The summed E-state index contributed by atoms with van der Waals surface area (Å²) in [4.78, 5) is 5.05. The van der Waals surface area contributed by atoms with E-state index in [2.05, 4.69) is 10.1 Å². The van der Waals surface area contributed by atoms with E-state index in [0.29, 0.717) is 5.13 Å². The van der Waals surface area contributed by atoms with Crippen molar-refractivity contribution in [2.75, 3.05) is 0 Å². The van der Waals surface area contributed by atoms with Crippen molar-refractivity contribution in [1.82, 2.24) is 14.8 Å². The Hall–Kier alpha value is -1.27. The number of nitrogens with zero attached hydrogens (tertiary/aromatic N) is 3. The Morgan fingerprint density at radius 3 is 2.86 bits per heavy atom. The number of hydrogen-bond donors (Lipinski definition) is 1. The van der Waals surface area contributed by atoms with Gasteiger partial charge in [-0.2, -0.15) is 5.10 Å². The third kappa shape index (κ3) is 1.66. The summed E-state index contributed by atoms with van der Waals surface area (Å²) in [6, 6.07) is -0.0540. The quantitative estimate of drug-likeness (QED) is 0.820. The average Bonchev–Trinajstić information content (AvgIpc) is 2.70. The van der Waals surface area contributed by atoms with Crippen molar-refractivity contribution < 1.29 is 4.39 Å². The molecule has 0 fully saturated rings. The lowest BCUT2D eigenvalue weighted by atomic mass is 10.3. The van der Waals surface area contributed by atoms with E-state index < -0.39 is 0 Å². The minimum atomic E-state index is -0.373. The molecule has 0 spiro atoms. The van der Waals surface area contributed by atoms with Crippen LogP contribution in [0.5, 0.6) is 0 Å². The second-order valence-corrected chi connectivity index (χ2v) is 3.98. The Balaban J connectivity index is 2.33. The third-order valence-corrected chi connectivity index (χ3v) is 2.90. The van der Waals surface area contributed by atoms with Gasteiger partial charge in [-0.25, -0.2) is 14.1 Å². The van der Waals surface area contributed by atoms with Crippen molar-refractivity contribution in [3.8, 4) is 5.13 Å². The van der Waals surface area contributed by atoms with Gasteiger partial charge in [-0.05, 0) is 6.92 Å². The van der Waals surface area contributed by atoms with E-state index in [1.54, 1.807) is 6.20 Å². The molecule has 0 aliphatic carbocycles. The second-order valence-electron chi connectivity index (χ2n) is 2.94. The molecule has 2 N–H and O–H groups in total. The molecule has 0 radical (unpaired) electrons. The summed E-state index contributed by atoms with van der Waals surface area (Å²) in [7, 11) is 0. The first-order valence-corrected chi connectivity index (χ1v) is 4.90. The monoisotopic (exact) mass is 212 g/mol. The van der Waals surface area contributed by atoms with E-state index in [0.717, 1.165) is 11.1 Å². The maximum absolute atomic E-state index is 12.6. The van der Waals surface area contributed by atoms with E-state index >= 15 is 0 Å². The maximum Gasteiger partial charge on any atom is 0.210 e. The van der Waals surface area contributed by atoms with E-state index in [4.69, 9.17) is 5.73 Å². The molecule has 0 aromatic carbocycles. The fraction of sp³-hybridized carbons (Fsp3) is 0.250. The van der Waals surface area contributed by atoms with Crippen LogP contribution in [0, 0.1) is 5.82 Å². The number of rotatable bonds is 2. The zero-order chi connectivity index (χ0) is 10.1. The molecule has 0 saturated heterocycles. The number of halogens is 1. The van der Waals surface area contributed by atoms with Gasteiger partial charge in [-0.15, -0.1) is 0 Å². The minimum Gasteiger partial charge on any atom is -0.323 e. The van der Waals surface area contributed by atoms with Crippen LogP contribution in [-0.4, -0.2) is 14.8 Å². The molecule has 1 atom stereocenters. The lowest BCUT2D eigenvalue weighted by molar-refractivity contribution is 0.627. The first kappa shape index (κ1) is 9.29. The lowest BCUT2D eigenvalue weighted by Crippen LogP contribution is -2.01. The topological polar surface area (TPSA) is 56.7 Å². The van der Waals surface area contributed by atoms with Gasteiger partial charge in [0.2, 0.25) is 5.13 Å². The predicted octanol–water partition coefficient (Wildman–Crippen LogP) is 1.49. The summed E-state index contributed by atoms with van der Waals surface area (Å²) >= 11 is 1.41. The highest BCUT2D eigenvalue weighted by molar-refractivity contribution is 7.14. The Morgan fingerprint density at radius 2 is 2.36 bits per heavy atom. The number of aromatic nitrogens is 3. The van der Waals surface area contributed by atoms with Gasteiger partial charge in [0.1, 0.15) is 0 Å². The predicted molar refractivity (Wildman–Crippen MR) is 51.8 cm³/mol. The molecule has 0 aliphatic heterocycles. The standard InChI is InChI=1S/C8H9FN4S/c1-5(10)7-3-11-8(14-7)13-4-6(9)2-12-13/h2-5H,10H2,1H3/t5-/m0/s1. The van der Waals surface area contributed by atoms with Gasteiger partial charge in [0.05, 0.1) is 12.4 Å². The molecule has 2 heterocycles. The highest BCUT2D eigenvalue weighted by Gasteiger charge is 2.08. The zero-order valence-electron chi connectivity index (χ0n) is 7.51. The van der Waals surface area contributed by atoms with Gasteiger partial charge in [-0.1, -0.05) is 11.3 Å². The van der Waals surface area contributed by atoms with Crippen LogP contribution in [0.25, 0.3) is 5.13 Å². The van der Waals surface area contributed by atoms with Crippen LogP contribution in [0.4, 0.5) is 4.39 Å². The van der Waals surface area contributed by atoms with Gasteiger partial charge in [0, 0.05) is 17.1 Å². The molecule has 14 heavy (non-hydrogen) atoms. The molecular weight excluding hydrogens is 203 g/mol. The van der Waals surface area contributed by atoms with Crippen LogP contribution in [0.3, 0.4) is 0 Å². The summed E-state index contributed by atoms with van der Waals surface area (Å²) in [6.07, 6.45) is 4.11. The van der Waals surface area contributed by atoms with Crippen molar-refractivity contribution >= 4 is 11.3 Å². The highest BCUT2D eigenvalue weighted by Crippen LogP contribution is 2.21. The largest absolute Gasteiger partial charge is 0.323 e. The van der Waals surface area contributed by atoms with Gasteiger partial charge in [0.15, 0.2) is 5.82 Å². The van der Waals surface area contributed by atoms with Gasteiger partial charge >= 0.3 is 0 Å². The molecule has 0 unspecified atom stereocenters. The Kier molecular flexibility index (Phi) is 2.30. The lowest BCUT2D eigenvalue weighted by Gasteiger charge is -1.96. The fourth-order valence-corrected chi connectivity index (χ4v) is 1.80. The van der Waals surface area contributed by atoms with Gasteiger partial charge in [-0.3, -0.25) is 0 Å². The molecular formula is C8H9FN4S. The van der Waals surface area contributed by atoms with Crippen LogP contribution >= 0.6 is 11.3 Å². The maximum atomic E-state index is 12.6. The smallest absolute Gasteiger partial charge is 0.210 e. The number of nitrogens with two attached hydrogens (primary N) is 1. The fourth-order valence-electron chi connectivity index (χ4n) is 0.999. The summed E-state index contributed by atoms with van der Waals surface area (Å²) in [6.45, 7) is 1.88. The summed E-state index contributed by atoms with van der Waals surface area (Å²) < 4.78 is 14.0. The molecule has 2 aromatic heterocycles. The van der Waals surface area contributed by atoms with E-state index in [-0.39, 0.29) is 11.9 Å². The Labute approximate surface area is 84.2 Å². The van der Waals surface area contributed by atoms with E-state index in [1.165, 1.54) is 22.2 Å². The minimum absolute atomic E-state index is 0.0540. The SMILES string of the molecule is C[C@H](N)c1cnc(-n2cc(F)cn2)s1. The van der Waals surface area contributed by atoms with Crippen molar-refractivity contribution in [1.29, 1.82) is 0 Å². The van der Waals surface area contributed by atoms with Gasteiger partial charge < -0.3 is 5.73 Å². The van der Waals surface area contributed by atoms with Crippen LogP contribution in [0.15, 0.2) is 18.6 Å². The summed E-state index contributed by atoms with van der Waals surface area (Å²) in [5, 5.41) is 4.43. The Bertz CT molecular complexity index is 434. The molecule has 6 heteroatoms. The first-order valence-electron chi connectivity index (χ1n) is 4.08. The molecule has 0 amide bonds. The van der Waals surface area contributed by atoms with Crippen LogP contribution < -0.4 is 5.73 Å². The molecule has 74 valence electrons. The first-order chi connectivity index (χ1) is 6.66. The highest BCUT2D eigenvalue weighted by atomic mass is 32.1. The molecule has 0 aliphatic rings. The van der Waals surface area contributed by atoms with Crippen molar-refractivity contribution in [3.63, 3.8) is 0 Å². The van der Waals surface area contributed by atoms with Crippen LogP contribution in [-0.2, 0) is 0 Å². The van der Waals surface area contributed by atoms with Crippen molar-refractivity contribution in [2.24, 2.45) is 5.73 Å². The molecule has 2 rings (SSSR count). The number of thiazole rings is 1. The van der Waals surface area contributed by atoms with Crippen LogP contribution in [0.1, 0.15) is 17.8 Å². The number of hydrogen-bond acceptors (Lipinski definition) is 4. The Morgan fingerprint density at radius 1 is 1.57 bits per heavy atom. The normalized spacial score (nSPS) is 13.1.